The minimum absolute atomic E-state index is 0.0762. The van der Waals surface area contributed by atoms with Crippen LogP contribution in [-0.2, 0) is 10.0 Å². The van der Waals surface area contributed by atoms with E-state index in [1.54, 1.807) is 0 Å². The molecule has 1 aromatic rings. The zero-order valence-electron chi connectivity index (χ0n) is 12.0. The van der Waals surface area contributed by atoms with Crippen LogP contribution in [0, 0.1) is 11.7 Å². The van der Waals surface area contributed by atoms with Crippen molar-refractivity contribution in [2.75, 3.05) is 26.7 Å². The van der Waals surface area contributed by atoms with Gasteiger partial charge in [-0.15, -0.1) is 0 Å². The van der Waals surface area contributed by atoms with E-state index in [1.807, 2.05) is 0 Å². The average molecular weight is 379 g/mol. The van der Waals surface area contributed by atoms with Crippen LogP contribution in [0.2, 0.25) is 0 Å². The number of hydrogen-bond acceptors (Lipinski definition) is 3. The van der Waals surface area contributed by atoms with Gasteiger partial charge >= 0.3 is 0 Å². The second-order valence-electron chi connectivity index (χ2n) is 5.51. The quantitative estimate of drug-likeness (QED) is 0.856. The third-order valence-electron chi connectivity index (χ3n) is 3.87. The Morgan fingerprint density at radius 3 is 2.67 bits per heavy atom. The van der Waals surface area contributed by atoms with E-state index in [4.69, 9.17) is 0 Å². The van der Waals surface area contributed by atoms with Gasteiger partial charge in [0.1, 0.15) is 5.82 Å². The molecule has 1 fully saturated rings. The summed E-state index contributed by atoms with van der Waals surface area (Å²) in [6, 6.07) is 3.58. The van der Waals surface area contributed by atoms with Crippen molar-refractivity contribution in [1.82, 2.24) is 9.62 Å². The molecule has 2 rings (SSSR count). The van der Waals surface area contributed by atoms with E-state index in [9.17, 15) is 12.8 Å². The number of hydrogen-bond donors (Lipinski definition) is 1. The lowest BCUT2D eigenvalue weighted by Crippen LogP contribution is -2.32. The minimum Gasteiger partial charge on any atom is -0.306 e. The van der Waals surface area contributed by atoms with Crippen LogP contribution in [0.3, 0.4) is 0 Å². The smallest absolute Gasteiger partial charge is 0.241 e. The number of piperidine rings is 1. The predicted molar refractivity (Wildman–Crippen MR) is 84.1 cm³/mol. The molecule has 7 heteroatoms. The van der Waals surface area contributed by atoms with Crippen molar-refractivity contribution in [1.29, 1.82) is 0 Å². The van der Waals surface area contributed by atoms with Gasteiger partial charge in [0.2, 0.25) is 10.0 Å². The van der Waals surface area contributed by atoms with Gasteiger partial charge in [0.05, 0.1) is 4.90 Å². The summed E-state index contributed by atoms with van der Waals surface area (Å²) in [4.78, 5) is 2.36. The van der Waals surface area contributed by atoms with Crippen LogP contribution >= 0.6 is 15.9 Å². The lowest BCUT2D eigenvalue weighted by molar-refractivity contribution is 0.213. The summed E-state index contributed by atoms with van der Waals surface area (Å²) in [7, 11) is -1.49. The van der Waals surface area contributed by atoms with Crippen LogP contribution in [0.4, 0.5) is 4.39 Å². The summed E-state index contributed by atoms with van der Waals surface area (Å²) in [5.41, 5.74) is 0. The number of sulfonamides is 1. The molecule has 1 N–H and O–H groups in total. The number of likely N-dealkylation sites (tertiary alicyclic amines) is 1. The van der Waals surface area contributed by atoms with Gasteiger partial charge in [-0.2, -0.15) is 0 Å². The molecule has 1 aromatic carbocycles. The van der Waals surface area contributed by atoms with Crippen LogP contribution < -0.4 is 4.72 Å². The summed E-state index contributed by atoms with van der Waals surface area (Å²) in [5, 5.41) is 0. The first-order valence-electron chi connectivity index (χ1n) is 7.02. The van der Waals surface area contributed by atoms with Crippen LogP contribution in [0.5, 0.6) is 0 Å². The van der Waals surface area contributed by atoms with Gasteiger partial charge in [-0.25, -0.2) is 17.5 Å². The fraction of sp³-hybridized carbons (Fsp3) is 0.571. The molecular formula is C14H20BrFN2O2S. The van der Waals surface area contributed by atoms with Crippen molar-refractivity contribution in [2.24, 2.45) is 5.92 Å². The van der Waals surface area contributed by atoms with Crippen molar-refractivity contribution in [3.05, 3.63) is 28.5 Å². The first-order chi connectivity index (χ1) is 9.88. The third kappa shape index (κ3) is 4.74. The van der Waals surface area contributed by atoms with Gasteiger partial charge in [-0.3, -0.25) is 0 Å². The van der Waals surface area contributed by atoms with E-state index in [1.165, 1.54) is 6.07 Å². The molecule has 0 amide bonds. The van der Waals surface area contributed by atoms with Gasteiger partial charge in [0.15, 0.2) is 0 Å². The van der Waals surface area contributed by atoms with Gasteiger partial charge < -0.3 is 4.90 Å². The van der Waals surface area contributed by atoms with Crippen LogP contribution in [-0.4, -0.2) is 40.0 Å². The Morgan fingerprint density at radius 2 is 2.05 bits per heavy atom. The molecular weight excluding hydrogens is 359 g/mol. The standard InChI is InChI=1S/C14H20BrFN2O2S/c1-18-8-5-11(6-9-18)4-7-17-21(19,20)14-3-2-12(16)10-13(14)15/h2-3,10-11,17H,4-9H2,1H3. The fourth-order valence-corrected chi connectivity index (χ4v) is 4.61. The van der Waals surface area contributed by atoms with Crippen LogP contribution in [0.15, 0.2) is 27.6 Å². The van der Waals surface area contributed by atoms with Crippen molar-refractivity contribution < 1.29 is 12.8 Å². The first kappa shape index (κ1) is 16.9. The molecule has 1 heterocycles. The maximum Gasteiger partial charge on any atom is 0.241 e. The minimum atomic E-state index is -3.59. The van der Waals surface area contributed by atoms with Gasteiger partial charge in [-0.1, -0.05) is 0 Å². The Labute approximate surface area is 133 Å². The molecule has 0 aliphatic carbocycles. The van der Waals surface area contributed by atoms with Crippen molar-refractivity contribution >= 4 is 26.0 Å². The predicted octanol–water partition coefficient (Wildman–Crippen LogP) is 2.60. The van der Waals surface area contributed by atoms with E-state index in [0.717, 1.165) is 44.5 Å². The van der Waals surface area contributed by atoms with Crippen molar-refractivity contribution in [3.63, 3.8) is 0 Å². The number of nitrogens with zero attached hydrogens (tertiary/aromatic N) is 1. The second-order valence-corrected chi connectivity index (χ2v) is 8.10. The maximum absolute atomic E-state index is 13.0. The van der Waals surface area contributed by atoms with E-state index in [2.05, 4.69) is 32.6 Å². The molecule has 1 aliphatic heterocycles. The molecule has 21 heavy (non-hydrogen) atoms. The Bertz CT molecular complexity index is 587. The summed E-state index contributed by atoms with van der Waals surface area (Å²) < 4.78 is 40.2. The topological polar surface area (TPSA) is 49.4 Å². The van der Waals surface area contributed by atoms with E-state index in [0.29, 0.717) is 12.5 Å². The molecule has 1 saturated heterocycles. The Kier molecular flexibility index (Phi) is 5.76. The maximum atomic E-state index is 13.0. The second kappa shape index (κ2) is 7.17. The molecule has 0 spiro atoms. The zero-order chi connectivity index (χ0) is 15.5. The van der Waals surface area contributed by atoms with E-state index < -0.39 is 15.8 Å². The fourth-order valence-electron chi connectivity index (χ4n) is 2.52. The third-order valence-corrected chi connectivity index (χ3v) is 6.30. The van der Waals surface area contributed by atoms with Gasteiger partial charge in [0, 0.05) is 11.0 Å². The largest absolute Gasteiger partial charge is 0.306 e. The molecule has 0 aromatic heterocycles. The highest BCUT2D eigenvalue weighted by Crippen LogP contribution is 2.23. The molecule has 0 saturated carbocycles. The Balaban J connectivity index is 1.89. The highest BCUT2D eigenvalue weighted by Gasteiger charge is 2.20. The van der Waals surface area contributed by atoms with Crippen molar-refractivity contribution in [3.8, 4) is 0 Å². The molecule has 118 valence electrons. The monoisotopic (exact) mass is 378 g/mol. The number of nitrogens with one attached hydrogen (secondary N) is 1. The molecule has 1 aliphatic rings. The van der Waals surface area contributed by atoms with Crippen LogP contribution in [0.1, 0.15) is 19.3 Å². The molecule has 0 unspecified atom stereocenters. The van der Waals surface area contributed by atoms with Gasteiger partial charge in [0.25, 0.3) is 0 Å². The summed E-state index contributed by atoms with van der Waals surface area (Å²) in [6.07, 6.45) is 3.06. The van der Waals surface area contributed by atoms with E-state index >= 15 is 0 Å². The van der Waals surface area contributed by atoms with Crippen molar-refractivity contribution in [2.45, 2.75) is 24.2 Å². The SMILES string of the molecule is CN1CCC(CCNS(=O)(=O)c2ccc(F)cc2Br)CC1. The Hall–Kier alpha value is -0.500. The lowest BCUT2D eigenvalue weighted by Gasteiger charge is -2.28. The van der Waals surface area contributed by atoms with Crippen LogP contribution in [0.25, 0.3) is 0 Å². The Morgan fingerprint density at radius 1 is 1.38 bits per heavy atom. The normalized spacial score (nSPS) is 18.0. The molecule has 0 bridgehead atoms. The molecule has 0 atom stereocenters. The summed E-state index contributed by atoms with van der Waals surface area (Å²) in [5.74, 6) is 0.104. The van der Waals surface area contributed by atoms with E-state index in [-0.39, 0.29) is 9.37 Å². The molecule has 0 radical (unpaired) electrons. The van der Waals surface area contributed by atoms with Gasteiger partial charge in [-0.05, 0) is 79.4 Å². The summed E-state index contributed by atoms with van der Waals surface area (Å²) in [6.45, 7) is 2.56. The zero-order valence-corrected chi connectivity index (χ0v) is 14.4. The first-order valence-corrected chi connectivity index (χ1v) is 9.29. The highest BCUT2D eigenvalue weighted by molar-refractivity contribution is 9.10. The summed E-state index contributed by atoms with van der Waals surface area (Å²) >= 11 is 3.09. The highest BCUT2D eigenvalue weighted by atomic mass is 79.9. The molecule has 4 nitrogen and oxygen atoms in total. The number of benzene rings is 1. The number of halogens is 2. The lowest BCUT2D eigenvalue weighted by atomic mass is 9.94. The average Bonchev–Trinajstić information content (AvgIpc) is 2.40. The number of rotatable bonds is 5.